The van der Waals surface area contributed by atoms with Crippen molar-refractivity contribution in [3.05, 3.63) is 23.8 Å². The lowest BCUT2D eigenvalue weighted by Gasteiger charge is -2.58. The summed E-state index contributed by atoms with van der Waals surface area (Å²) < 4.78 is 5.04. The van der Waals surface area contributed by atoms with E-state index in [1.54, 1.807) is 0 Å². The molecular formula is C20H30O2. The first-order chi connectivity index (χ1) is 10.3. The Balaban J connectivity index is 1.78. The van der Waals surface area contributed by atoms with Crippen LogP contribution < -0.4 is 0 Å². The van der Waals surface area contributed by atoms with Crippen LogP contribution in [0.4, 0.5) is 0 Å². The topological polar surface area (TPSA) is 26.3 Å². The molecule has 0 amide bonds. The summed E-state index contributed by atoms with van der Waals surface area (Å²) in [5, 5.41) is 0. The highest BCUT2D eigenvalue weighted by atomic mass is 16.5. The second kappa shape index (κ2) is 5.54. The summed E-state index contributed by atoms with van der Waals surface area (Å²) in [6.45, 7) is 12.3. The van der Waals surface area contributed by atoms with Gasteiger partial charge < -0.3 is 4.74 Å². The highest BCUT2D eigenvalue weighted by Gasteiger charge is 2.52. The van der Waals surface area contributed by atoms with Crippen LogP contribution in [-0.2, 0) is 9.53 Å². The van der Waals surface area contributed by atoms with Gasteiger partial charge in [0, 0.05) is 5.57 Å². The fraction of sp³-hybridized carbons (Fsp3) is 0.750. The van der Waals surface area contributed by atoms with Crippen molar-refractivity contribution in [2.24, 2.45) is 22.7 Å². The summed E-state index contributed by atoms with van der Waals surface area (Å²) in [7, 11) is 0. The molecule has 2 nitrogen and oxygen atoms in total. The normalized spacial score (nSPS) is 37.5. The molecule has 3 aliphatic rings. The predicted molar refractivity (Wildman–Crippen MR) is 89.4 cm³/mol. The second-order valence-electron chi connectivity index (χ2n) is 8.52. The highest BCUT2D eigenvalue weighted by molar-refractivity contribution is 5.90. The Labute approximate surface area is 135 Å². The van der Waals surface area contributed by atoms with Gasteiger partial charge in [-0.3, -0.25) is 0 Å². The number of rotatable bonds is 3. The maximum absolute atomic E-state index is 11.7. The van der Waals surface area contributed by atoms with Crippen molar-refractivity contribution in [3.63, 3.8) is 0 Å². The maximum Gasteiger partial charge on any atom is 0.334 e. The molecule has 2 fully saturated rings. The van der Waals surface area contributed by atoms with Gasteiger partial charge in [-0.05, 0) is 67.3 Å². The molecule has 0 unspecified atom stereocenters. The van der Waals surface area contributed by atoms with Gasteiger partial charge in [0.25, 0.3) is 0 Å². The summed E-state index contributed by atoms with van der Waals surface area (Å²) in [4.78, 5) is 11.7. The summed E-state index contributed by atoms with van der Waals surface area (Å²) in [5.74, 6) is 1.24. The van der Waals surface area contributed by atoms with Crippen LogP contribution in [0.1, 0.15) is 65.7 Å². The van der Waals surface area contributed by atoms with Crippen molar-refractivity contribution < 1.29 is 9.53 Å². The van der Waals surface area contributed by atoms with Crippen LogP contribution in [0.3, 0.4) is 0 Å². The molecule has 1 aliphatic heterocycles. The number of hydrogen-bond donors (Lipinski definition) is 0. The Morgan fingerprint density at radius 3 is 2.77 bits per heavy atom. The van der Waals surface area contributed by atoms with Crippen LogP contribution in [0.15, 0.2) is 23.8 Å². The molecule has 0 bridgehead atoms. The molecule has 0 aromatic rings. The van der Waals surface area contributed by atoms with Gasteiger partial charge in [0.1, 0.15) is 6.61 Å². The lowest BCUT2D eigenvalue weighted by molar-refractivity contribution is -0.136. The van der Waals surface area contributed by atoms with Crippen LogP contribution in [0.2, 0.25) is 0 Å². The number of carbonyl (C=O) groups is 1. The first-order valence-corrected chi connectivity index (χ1v) is 8.88. The molecule has 2 heteroatoms. The summed E-state index contributed by atoms with van der Waals surface area (Å²) in [6.07, 6.45) is 10.3. The number of esters is 1. The van der Waals surface area contributed by atoms with E-state index in [0.717, 1.165) is 30.8 Å². The standard InChI is InChI=1S/C20H30O2/c1-14-6-9-17-19(2,3)11-5-12-20(17,4)16(14)8-7-15-10-13-22-18(15)21/h10,16-17H,1,5-9,11-13H2,2-4H3/t16-,17-,20+/m0/s1. The van der Waals surface area contributed by atoms with Gasteiger partial charge in [0.15, 0.2) is 0 Å². The third kappa shape index (κ3) is 2.55. The van der Waals surface area contributed by atoms with Crippen molar-refractivity contribution >= 4 is 5.97 Å². The van der Waals surface area contributed by atoms with Crippen LogP contribution in [0, 0.1) is 22.7 Å². The van der Waals surface area contributed by atoms with Crippen molar-refractivity contribution in [2.45, 2.75) is 65.7 Å². The second-order valence-corrected chi connectivity index (χ2v) is 8.52. The van der Waals surface area contributed by atoms with E-state index >= 15 is 0 Å². The van der Waals surface area contributed by atoms with Crippen LogP contribution in [-0.4, -0.2) is 12.6 Å². The Bertz CT molecular complexity index is 514. The molecule has 0 aromatic heterocycles. The molecule has 22 heavy (non-hydrogen) atoms. The average molecular weight is 302 g/mol. The Kier molecular flexibility index (Phi) is 3.99. The number of cyclic esters (lactones) is 1. The minimum atomic E-state index is -0.105. The quantitative estimate of drug-likeness (QED) is 0.539. The predicted octanol–water partition coefficient (Wildman–Crippen LogP) is 5.05. The van der Waals surface area contributed by atoms with E-state index in [4.69, 9.17) is 4.74 Å². The summed E-state index contributed by atoms with van der Waals surface area (Å²) >= 11 is 0. The lowest BCUT2D eigenvalue weighted by Crippen LogP contribution is -2.49. The van der Waals surface area contributed by atoms with Crippen LogP contribution in [0.25, 0.3) is 0 Å². The SMILES string of the molecule is C=C1CC[C@H]2C(C)(C)CCC[C@]2(C)[C@H]1CCC1=CCOC1=O. The number of ether oxygens (including phenoxy) is 1. The Hall–Kier alpha value is -1.05. The van der Waals surface area contributed by atoms with E-state index in [1.165, 1.54) is 31.3 Å². The number of hydrogen-bond acceptors (Lipinski definition) is 2. The van der Waals surface area contributed by atoms with E-state index in [-0.39, 0.29) is 5.97 Å². The smallest absolute Gasteiger partial charge is 0.334 e. The van der Waals surface area contributed by atoms with E-state index in [2.05, 4.69) is 27.4 Å². The van der Waals surface area contributed by atoms with Gasteiger partial charge >= 0.3 is 5.97 Å². The Morgan fingerprint density at radius 1 is 1.32 bits per heavy atom. The van der Waals surface area contributed by atoms with Gasteiger partial charge in [-0.1, -0.05) is 39.3 Å². The van der Waals surface area contributed by atoms with Crippen molar-refractivity contribution in [3.8, 4) is 0 Å². The summed E-state index contributed by atoms with van der Waals surface area (Å²) in [5.41, 5.74) is 3.11. The molecule has 0 spiro atoms. The fourth-order valence-electron chi connectivity index (χ4n) is 5.71. The molecular weight excluding hydrogens is 272 g/mol. The van der Waals surface area contributed by atoms with Gasteiger partial charge in [-0.15, -0.1) is 0 Å². The minimum Gasteiger partial charge on any atom is -0.458 e. The number of carbonyl (C=O) groups excluding carboxylic acids is 1. The van der Waals surface area contributed by atoms with E-state index in [1.807, 2.05) is 6.08 Å². The Morgan fingerprint density at radius 2 is 2.09 bits per heavy atom. The molecule has 1 heterocycles. The zero-order valence-electron chi connectivity index (χ0n) is 14.4. The molecule has 3 atom stereocenters. The third-order valence-electron chi connectivity index (χ3n) is 6.83. The van der Waals surface area contributed by atoms with Gasteiger partial charge in [0.05, 0.1) is 0 Å². The molecule has 122 valence electrons. The lowest BCUT2D eigenvalue weighted by atomic mass is 9.47. The van der Waals surface area contributed by atoms with Gasteiger partial charge in [-0.25, -0.2) is 4.79 Å². The number of allylic oxidation sites excluding steroid dienone is 1. The zero-order valence-corrected chi connectivity index (χ0v) is 14.4. The van der Waals surface area contributed by atoms with Crippen molar-refractivity contribution in [1.29, 1.82) is 0 Å². The molecule has 0 saturated heterocycles. The molecule has 2 saturated carbocycles. The van der Waals surface area contributed by atoms with Crippen LogP contribution >= 0.6 is 0 Å². The summed E-state index contributed by atoms with van der Waals surface area (Å²) in [6, 6.07) is 0. The fourth-order valence-corrected chi connectivity index (χ4v) is 5.71. The van der Waals surface area contributed by atoms with E-state index in [9.17, 15) is 4.79 Å². The maximum atomic E-state index is 11.7. The first-order valence-electron chi connectivity index (χ1n) is 8.88. The first kappa shape index (κ1) is 15.8. The monoisotopic (exact) mass is 302 g/mol. The van der Waals surface area contributed by atoms with Crippen molar-refractivity contribution in [2.75, 3.05) is 6.61 Å². The highest BCUT2D eigenvalue weighted by Crippen LogP contribution is 2.61. The minimum absolute atomic E-state index is 0.105. The zero-order chi connectivity index (χ0) is 16.0. The van der Waals surface area contributed by atoms with Gasteiger partial charge in [0.2, 0.25) is 0 Å². The van der Waals surface area contributed by atoms with Crippen molar-refractivity contribution in [1.82, 2.24) is 0 Å². The largest absolute Gasteiger partial charge is 0.458 e. The molecule has 3 rings (SSSR count). The number of fused-ring (bicyclic) bond motifs is 1. The average Bonchev–Trinajstić information content (AvgIpc) is 2.82. The van der Waals surface area contributed by atoms with E-state index < -0.39 is 0 Å². The van der Waals surface area contributed by atoms with E-state index in [0.29, 0.717) is 23.4 Å². The van der Waals surface area contributed by atoms with Gasteiger partial charge in [-0.2, -0.15) is 0 Å². The molecule has 0 aromatic carbocycles. The van der Waals surface area contributed by atoms with Crippen LogP contribution in [0.5, 0.6) is 0 Å². The molecule has 2 aliphatic carbocycles. The molecule has 0 radical (unpaired) electrons. The third-order valence-corrected chi connectivity index (χ3v) is 6.83. The molecule has 0 N–H and O–H groups in total.